The molecule has 5 nitrogen and oxygen atoms in total. The molecule has 0 aliphatic carbocycles. The Hall–Kier alpha value is -1.86. The van der Waals surface area contributed by atoms with Crippen LogP contribution < -0.4 is 5.32 Å². The van der Waals surface area contributed by atoms with Crippen LogP contribution in [0.5, 0.6) is 0 Å². The van der Waals surface area contributed by atoms with Crippen LogP contribution in [0.3, 0.4) is 0 Å². The topological polar surface area (TPSA) is 75.1 Å². The molecule has 8 heteroatoms. The molecule has 1 rings (SSSR count). The molecule has 0 aromatic carbocycles. The molecule has 94 valence electrons. The molecule has 0 amide bonds. The first-order valence-corrected chi connectivity index (χ1v) is 4.68. The fraction of sp³-hybridized carbons (Fsp3) is 0.444. The summed E-state index contributed by atoms with van der Waals surface area (Å²) in [5.41, 5.74) is -1.09. The minimum absolute atomic E-state index is 0.103. The lowest BCUT2D eigenvalue weighted by molar-refractivity contribution is -0.141. The average molecular weight is 249 g/mol. The highest BCUT2D eigenvalue weighted by molar-refractivity contribution is 5.68. The van der Waals surface area contributed by atoms with Crippen molar-refractivity contribution in [3.05, 3.63) is 17.8 Å². The van der Waals surface area contributed by atoms with E-state index >= 15 is 0 Å². The van der Waals surface area contributed by atoms with Gasteiger partial charge in [-0.15, -0.1) is 10.2 Å². The summed E-state index contributed by atoms with van der Waals surface area (Å²) >= 11 is 0. The summed E-state index contributed by atoms with van der Waals surface area (Å²) in [5, 5.41) is 17.4. The number of carbonyl (C=O) groups is 1. The van der Waals surface area contributed by atoms with Gasteiger partial charge in [0.05, 0.1) is 6.42 Å². The Morgan fingerprint density at radius 1 is 1.47 bits per heavy atom. The minimum atomic E-state index is -4.53. The Kier molecular flexibility index (Phi) is 3.87. The molecule has 0 radical (unpaired) electrons. The molecular formula is C9H10F3N3O2. The normalized spacial score (nSPS) is 13.2. The van der Waals surface area contributed by atoms with E-state index in [1.165, 1.54) is 0 Å². The number of carboxylic acid groups (broad SMARTS) is 1. The second-order valence-electron chi connectivity index (χ2n) is 3.44. The van der Waals surface area contributed by atoms with Crippen molar-refractivity contribution in [2.75, 3.05) is 5.32 Å². The van der Waals surface area contributed by atoms with Gasteiger partial charge < -0.3 is 10.4 Å². The highest BCUT2D eigenvalue weighted by atomic mass is 19.4. The zero-order valence-corrected chi connectivity index (χ0v) is 8.82. The molecule has 17 heavy (non-hydrogen) atoms. The van der Waals surface area contributed by atoms with Crippen LogP contribution in [0.1, 0.15) is 19.0 Å². The molecule has 1 aromatic rings. The van der Waals surface area contributed by atoms with E-state index in [2.05, 4.69) is 15.5 Å². The van der Waals surface area contributed by atoms with Gasteiger partial charge in [0.15, 0.2) is 5.69 Å². The number of nitrogens with one attached hydrogen (secondary N) is 1. The molecule has 0 spiro atoms. The third kappa shape index (κ3) is 4.25. The van der Waals surface area contributed by atoms with Crippen molar-refractivity contribution in [1.29, 1.82) is 0 Å². The van der Waals surface area contributed by atoms with Gasteiger partial charge in [0.2, 0.25) is 0 Å². The molecule has 1 aromatic heterocycles. The zero-order chi connectivity index (χ0) is 13.1. The Morgan fingerprint density at radius 3 is 2.53 bits per heavy atom. The largest absolute Gasteiger partial charge is 0.481 e. The molecule has 0 saturated carbocycles. The molecule has 1 heterocycles. The molecule has 0 bridgehead atoms. The molecule has 0 fully saturated rings. The van der Waals surface area contributed by atoms with Gasteiger partial charge in [0, 0.05) is 6.04 Å². The van der Waals surface area contributed by atoms with E-state index in [1.54, 1.807) is 6.92 Å². The van der Waals surface area contributed by atoms with Crippen molar-refractivity contribution in [2.24, 2.45) is 0 Å². The van der Waals surface area contributed by atoms with E-state index in [-0.39, 0.29) is 12.2 Å². The van der Waals surface area contributed by atoms with Crippen molar-refractivity contribution < 1.29 is 23.1 Å². The first kappa shape index (κ1) is 13.2. The Morgan fingerprint density at radius 2 is 2.12 bits per heavy atom. The minimum Gasteiger partial charge on any atom is -0.481 e. The zero-order valence-electron chi connectivity index (χ0n) is 8.82. The molecule has 2 N–H and O–H groups in total. The van der Waals surface area contributed by atoms with Gasteiger partial charge in [0.1, 0.15) is 5.82 Å². The maximum Gasteiger partial charge on any atom is 0.435 e. The number of rotatable bonds is 4. The first-order valence-electron chi connectivity index (χ1n) is 4.68. The SMILES string of the molecule is CC(CC(=O)O)Nc1ccc(C(F)(F)F)nn1. The lowest BCUT2D eigenvalue weighted by atomic mass is 10.2. The maximum absolute atomic E-state index is 12.2. The number of aliphatic carboxylic acids is 1. The van der Waals surface area contributed by atoms with Gasteiger partial charge in [-0.3, -0.25) is 4.79 Å². The third-order valence-corrected chi connectivity index (χ3v) is 1.83. The molecule has 1 unspecified atom stereocenters. The molecule has 0 aliphatic rings. The van der Waals surface area contributed by atoms with E-state index in [0.29, 0.717) is 0 Å². The van der Waals surface area contributed by atoms with Crippen molar-refractivity contribution in [3.63, 3.8) is 0 Å². The van der Waals surface area contributed by atoms with E-state index in [4.69, 9.17) is 5.11 Å². The predicted octanol–water partition coefficient (Wildman–Crippen LogP) is 1.77. The van der Waals surface area contributed by atoms with Crippen LogP contribution in [0, 0.1) is 0 Å². The van der Waals surface area contributed by atoms with Crippen LogP contribution in [0.25, 0.3) is 0 Å². The summed E-state index contributed by atoms with van der Waals surface area (Å²) in [6, 6.07) is 1.44. The monoisotopic (exact) mass is 249 g/mol. The summed E-state index contributed by atoms with van der Waals surface area (Å²) < 4.78 is 36.5. The van der Waals surface area contributed by atoms with Gasteiger partial charge in [-0.25, -0.2) is 0 Å². The summed E-state index contributed by atoms with van der Waals surface area (Å²) in [5.74, 6) is -0.906. The number of hydrogen-bond acceptors (Lipinski definition) is 4. The molecule has 0 aliphatic heterocycles. The number of aromatic nitrogens is 2. The molecule has 0 saturated heterocycles. The van der Waals surface area contributed by atoms with Crippen molar-refractivity contribution >= 4 is 11.8 Å². The summed E-state index contributed by atoms with van der Waals surface area (Å²) in [6.45, 7) is 1.58. The van der Waals surface area contributed by atoms with Crippen LogP contribution in [-0.2, 0) is 11.0 Å². The van der Waals surface area contributed by atoms with Crippen LogP contribution >= 0.6 is 0 Å². The fourth-order valence-electron chi connectivity index (χ4n) is 1.13. The van der Waals surface area contributed by atoms with Gasteiger partial charge in [-0.05, 0) is 19.1 Å². The number of carboxylic acids is 1. The van der Waals surface area contributed by atoms with Gasteiger partial charge in [0.25, 0.3) is 0 Å². The van der Waals surface area contributed by atoms with Crippen LogP contribution in [-0.4, -0.2) is 27.3 Å². The first-order chi connectivity index (χ1) is 7.79. The number of nitrogens with zero attached hydrogens (tertiary/aromatic N) is 2. The van der Waals surface area contributed by atoms with Crippen molar-refractivity contribution in [3.8, 4) is 0 Å². The Balaban J connectivity index is 2.66. The number of alkyl halides is 3. The molecular weight excluding hydrogens is 239 g/mol. The third-order valence-electron chi connectivity index (χ3n) is 1.83. The number of anilines is 1. The summed E-state index contributed by atoms with van der Waals surface area (Å²) in [6.07, 6.45) is -4.69. The lowest BCUT2D eigenvalue weighted by Gasteiger charge is -2.12. The highest BCUT2D eigenvalue weighted by Crippen LogP contribution is 2.27. The van der Waals surface area contributed by atoms with Crippen LogP contribution in [0.15, 0.2) is 12.1 Å². The quantitative estimate of drug-likeness (QED) is 0.850. The van der Waals surface area contributed by atoms with E-state index in [0.717, 1.165) is 12.1 Å². The van der Waals surface area contributed by atoms with Gasteiger partial charge >= 0.3 is 12.1 Å². The van der Waals surface area contributed by atoms with E-state index < -0.39 is 23.9 Å². The standard InChI is InChI=1S/C9H10F3N3O2/c1-5(4-8(16)17)13-7-3-2-6(14-15-7)9(10,11)12/h2-3,5H,4H2,1H3,(H,13,15)(H,16,17). The van der Waals surface area contributed by atoms with Gasteiger partial charge in [-0.2, -0.15) is 13.2 Å². The smallest absolute Gasteiger partial charge is 0.435 e. The average Bonchev–Trinajstić information content (AvgIpc) is 2.15. The van der Waals surface area contributed by atoms with Crippen LogP contribution in [0.2, 0.25) is 0 Å². The Labute approximate surface area is 94.7 Å². The Bertz CT molecular complexity index is 391. The second kappa shape index (κ2) is 4.98. The fourth-order valence-corrected chi connectivity index (χ4v) is 1.13. The predicted molar refractivity (Wildman–Crippen MR) is 52.4 cm³/mol. The van der Waals surface area contributed by atoms with E-state index in [1.807, 2.05) is 0 Å². The van der Waals surface area contributed by atoms with Gasteiger partial charge in [-0.1, -0.05) is 0 Å². The number of hydrogen-bond donors (Lipinski definition) is 2. The second-order valence-corrected chi connectivity index (χ2v) is 3.44. The van der Waals surface area contributed by atoms with Crippen molar-refractivity contribution in [1.82, 2.24) is 10.2 Å². The lowest BCUT2D eigenvalue weighted by Crippen LogP contribution is -2.20. The van der Waals surface area contributed by atoms with Crippen molar-refractivity contribution in [2.45, 2.75) is 25.6 Å². The summed E-state index contributed by atoms with van der Waals surface area (Å²) in [4.78, 5) is 10.4. The van der Waals surface area contributed by atoms with Crippen LogP contribution in [0.4, 0.5) is 19.0 Å². The highest BCUT2D eigenvalue weighted by Gasteiger charge is 2.32. The summed E-state index contributed by atoms with van der Waals surface area (Å²) in [7, 11) is 0. The van der Waals surface area contributed by atoms with E-state index in [9.17, 15) is 18.0 Å². The molecule has 1 atom stereocenters. The maximum atomic E-state index is 12.2. The number of halogens is 3.